The lowest BCUT2D eigenvalue weighted by Crippen LogP contribution is -2.26. The molecule has 1 N–H and O–H groups in total. The van der Waals surface area contributed by atoms with Crippen LogP contribution in [0.3, 0.4) is 0 Å². The predicted molar refractivity (Wildman–Crippen MR) is 142 cm³/mol. The summed E-state index contributed by atoms with van der Waals surface area (Å²) in [6, 6.07) is 10.6. The first kappa shape index (κ1) is 26.9. The number of benzene rings is 1. The topological polar surface area (TPSA) is 85.6 Å². The van der Waals surface area contributed by atoms with Gasteiger partial charge in [0.1, 0.15) is 5.00 Å². The lowest BCUT2D eigenvalue weighted by molar-refractivity contribution is -0.142. The molecule has 11 heteroatoms. The molecule has 0 saturated carbocycles. The highest BCUT2D eigenvalue weighted by Crippen LogP contribution is 2.44. The molecule has 0 saturated heterocycles. The van der Waals surface area contributed by atoms with Gasteiger partial charge >= 0.3 is 12.1 Å². The average molecular weight is 557 g/mol. The van der Waals surface area contributed by atoms with Crippen LogP contribution in [0.1, 0.15) is 64.2 Å². The molecule has 3 aromatic heterocycles. The first-order valence-corrected chi connectivity index (χ1v) is 13.3. The third-order valence-corrected chi connectivity index (χ3v) is 8.30. The number of fused-ring (bicyclic) bond motifs is 2. The molecule has 1 aromatic carbocycles. The van der Waals surface area contributed by atoms with Crippen molar-refractivity contribution in [1.29, 1.82) is 0 Å². The Morgan fingerprint density at radius 3 is 2.49 bits per heavy atom. The maximum absolute atomic E-state index is 14.0. The van der Waals surface area contributed by atoms with Crippen LogP contribution in [0.5, 0.6) is 0 Å². The highest BCUT2D eigenvalue weighted by Gasteiger charge is 2.37. The van der Waals surface area contributed by atoms with Crippen molar-refractivity contribution in [2.24, 2.45) is 11.3 Å². The Hall–Kier alpha value is -3.73. The van der Waals surface area contributed by atoms with E-state index in [4.69, 9.17) is 4.74 Å². The van der Waals surface area contributed by atoms with Crippen LogP contribution in [-0.2, 0) is 23.8 Å². The Labute approximate surface area is 227 Å². The second kappa shape index (κ2) is 9.78. The number of thiophene rings is 1. The number of rotatable bonds is 4. The Kier molecular flexibility index (Phi) is 6.74. The summed E-state index contributed by atoms with van der Waals surface area (Å²) < 4.78 is 47.5. The number of carbonyl (C=O) groups is 2. The lowest BCUT2D eigenvalue weighted by Gasteiger charge is -2.33. The van der Waals surface area contributed by atoms with Gasteiger partial charge in [0.2, 0.25) is 0 Å². The number of nitrogens with one attached hydrogen (secondary N) is 1. The van der Waals surface area contributed by atoms with Crippen LogP contribution < -0.4 is 5.32 Å². The molecule has 4 aromatic rings. The zero-order valence-corrected chi connectivity index (χ0v) is 22.7. The van der Waals surface area contributed by atoms with Gasteiger partial charge in [-0.2, -0.15) is 18.3 Å². The van der Waals surface area contributed by atoms with Crippen molar-refractivity contribution >= 4 is 33.9 Å². The first-order valence-electron chi connectivity index (χ1n) is 12.4. The molecule has 5 rings (SSSR count). The molecule has 7 nitrogen and oxygen atoms in total. The molecule has 0 fully saturated rings. The molecule has 204 valence electrons. The van der Waals surface area contributed by atoms with Crippen molar-refractivity contribution in [3.63, 3.8) is 0 Å². The molecule has 1 aliphatic carbocycles. The summed E-state index contributed by atoms with van der Waals surface area (Å²) in [6.45, 7) is 6.53. The molecule has 39 heavy (non-hydrogen) atoms. The van der Waals surface area contributed by atoms with Gasteiger partial charge in [0, 0.05) is 16.5 Å². The van der Waals surface area contributed by atoms with Gasteiger partial charge in [-0.05, 0) is 42.2 Å². The van der Waals surface area contributed by atoms with Crippen molar-refractivity contribution in [2.45, 2.75) is 46.2 Å². The molecule has 1 aliphatic rings. The number of esters is 1. The molecule has 1 amide bonds. The fraction of sp³-hybridized carbons (Fsp3) is 0.357. The molecule has 3 heterocycles. The number of halogens is 3. The minimum atomic E-state index is -4.74. The number of hydrogen-bond acceptors (Lipinski definition) is 6. The number of carbonyl (C=O) groups excluding carboxylic acids is 2. The number of alkyl halides is 3. The van der Waals surface area contributed by atoms with E-state index in [0.717, 1.165) is 29.3 Å². The summed E-state index contributed by atoms with van der Waals surface area (Å²) in [5.41, 5.74) is 0.393. The van der Waals surface area contributed by atoms with E-state index in [1.54, 1.807) is 30.3 Å². The third kappa shape index (κ3) is 5.15. The minimum absolute atomic E-state index is 0.0782. The largest absolute Gasteiger partial charge is 0.465 e. The summed E-state index contributed by atoms with van der Waals surface area (Å²) in [6.07, 6.45) is -2.41. The highest BCUT2D eigenvalue weighted by atomic mass is 32.1. The van der Waals surface area contributed by atoms with Crippen LogP contribution >= 0.6 is 11.3 Å². The SMILES string of the molecule is COC(=O)c1c(NC(=O)c2cc3nc(-c4ccccc4)cc(C(F)(F)F)n3n2)sc2c1CC[C@H](C(C)(C)C)C2. The highest BCUT2D eigenvalue weighted by molar-refractivity contribution is 7.17. The fourth-order valence-corrected chi connectivity index (χ4v) is 6.25. The number of anilines is 1. The Balaban J connectivity index is 1.53. The number of hydrogen-bond donors (Lipinski definition) is 1. The molecular formula is C28H27F3N4O3S. The quantitative estimate of drug-likeness (QED) is 0.284. The molecule has 0 unspecified atom stereocenters. The van der Waals surface area contributed by atoms with E-state index in [0.29, 0.717) is 33.0 Å². The van der Waals surface area contributed by atoms with Crippen LogP contribution in [0.4, 0.5) is 18.2 Å². The van der Waals surface area contributed by atoms with E-state index in [2.05, 4.69) is 36.2 Å². The fourth-order valence-electron chi connectivity index (χ4n) is 4.94. The van der Waals surface area contributed by atoms with Crippen molar-refractivity contribution in [1.82, 2.24) is 14.6 Å². The summed E-state index contributed by atoms with van der Waals surface area (Å²) in [5, 5.41) is 6.96. The number of nitrogens with zero attached hydrogens (tertiary/aromatic N) is 3. The normalized spacial score (nSPS) is 15.7. The molecule has 0 aliphatic heterocycles. The maximum Gasteiger partial charge on any atom is 0.433 e. The van der Waals surface area contributed by atoms with E-state index in [9.17, 15) is 22.8 Å². The van der Waals surface area contributed by atoms with Gasteiger partial charge in [0.25, 0.3) is 5.91 Å². The number of ether oxygens (including phenoxy) is 1. The van der Waals surface area contributed by atoms with Crippen LogP contribution in [0.2, 0.25) is 0 Å². The second-order valence-electron chi connectivity index (χ2n) is 10.6. The number of aromatic nitrogens is 3. The minimum Gasteiger partial charge on any atom is -0.465 e. The number of methoxy groups -OCH3 is 1. The van der Waals surface area contributed by atoms with Gasteiger partial charge < -0.3 is 10.1 Å². The van der Waals surface area contributed by atoms with Gasteiger partial charge in [-0.3, -0.25) is 4.79 Å². The zero-order valence-electron chi connectivity index (χ0n) is 21.8. The van der Waals surface area contributed by atoms with Gasteiger partial charge in [-0.15, -0.1) is 11.3 Å². The van der Waals surface area contributed by atoms with Gasteiger partial charge in [-0.1, -0.05) is 51.1 Å². The van der Waals surface area contributed by atoms with Gasteiger partial charge in [0.05, 0.1) is 18.4 Å². The van der Waals surface area contributed by atoms with Crippen molar-refractivity contribution in [3.05, 3.63) is 69.9 Å². The maximum atomic E-state index is 14.0. The van der Waals surface area contributed by atoms with E-state index in [1.165, 1.54) is 24.5 Å². The smallest absolute Gasteiger partial charge is 0.433 e. The van der Waals surface area contributed by atoms with Gasteiger partial charge in [-0.25, -0.2) is 14.3 Å². The average Bonchev–Trinajstić information content (AvgIpc) is 3.47. The van der Waals surface area contributed by atoms with E-state index in [-0.39, 0.29) is 22.5 Å². The molecule has 0 bridgehead atoms. The number of amides is 1. The summed E-state index contributed by atoms with van der Waals surface area (Å²) in [7, 11) is 1.27. The van der Waals surface area contributed by atoms with Crippen molar-refractivity contribution in [2.75, 3.05) is 12.4 Å². The summed E-state index contributed by atoms with van der Waals surface area (Å²) in [4.78, 5) is 31.3. The Morgan fingerprint density at radius 2 is 1.85 bits per heavy atom. The van der Waals surface area contributed by atoms with E-state index < -0.39 is 23.7 Å². The summed E-state index contributed by atoms with van der Waals surface area (Å²) >= 11 is 1.30. The monoisotopic (exact) mass is 556 g/mol. The molecular weight excluding hydrogens is 529 g/mol. The van der Waals surface area contributed by atoms with E-state index in [1.807, 2.05) is 0 Å². The van der Waals surface area contributed by atoms with E-state index >= 15 is 0 Å². The van der Waals surface area contributed by atoms with Crippen molar-refractivity contribution < 1.29 is 27.5 Å². The Bertz CT molecular complexity index is 1570. The lowest BCUT2D eigenvalue weighted by atomic mass is 9.72. The summed E-state index contributed by atoms with van der Waals surface area (Å²) in [5.74, 6) is -0.909. The first-order chi connectivity index (χ1) is 18.4. The van der Waals surface area contributed by atoms with Crippen LogP contribution in [0.15, 0.2) is 42.5 Å². The zero-order chi connectivity index (χ0) is 28.1. The second-order valence-corrected chi connectivity index (χ2v) is 11.8. The van der Waals surface area contributed by atoms with Crippen LogP contribution in [-0.4, -0.2) is 33.6 Å². The standard InChI is InChI=1S/C28H27F3N4O3S/c1-27(2,3)16-10-11-17-20(12-16)39-25(23(17)26(37)38-4)33-24(36)19-14-22-32-18(15-8-6-5-7-9-15)13-21(28(29,30)31)35(22)34-19/h5-9,13-14,16H,10-12H2,1-4H3,(H,33,36)/t16-/m0/s1. The molecule has 1 atom stereocenters. The molecule has 0 spiro atoms. The third-order valence-electron chi connectivity index (χ3n) is 7.13. The van der Waals surface area contributed by atoms with Crippen molar-refractivity contribution in [3.8, 4) is 11.3 Å². The van der Waals surface area contributed by atoms with Crippen LogP contribution in [0, 0.1) is 11.3 Å². The van der Waals surface area contributed by atoms with Gasteiger partial charge in [0.15, 0.2) is 17.0 Å². The molecule has 0 radical (unpaired) electrons. The Morgan fingerprint density at radius 1 is 1.13 bits per heavy atom. The van der Waals surface area contributed by atoms with Crippen LogP contribution in [0.25, 0.3) is 16.9 Å². The predicted octanol–water partition coefficient (Wildman–Crippen LogP) is 6.67.